The summed E-state index contributed by atoms with van der Waals surface area (Å²) >= 11 is 0. The molecule has 0 saturated carbocycles. The monoisotopic (exact) mass is 216 g/mol. The van der Waals surface area contributed by atoms with Crippen LogP contribution in [0.3, 0.4) is 0 Å². The Morgan fingerprint density at radius 1 is 1.47 bits per heavy atom. The van der Waals surface area contributed by atoms with Crippen LogP contribution in [-0.2, 0) is 4.79 Å². The van der Waals surface area contributed by atoms with Crippen LogP contribution in [0.5, 0.6) is 0 Å². The third kappa shape index (κ3) is 3.15. The van der Waals surface area contributed by atoms with E-state index in [4.69, 9.17) is 0 Å². The summed E-state index contributed by atoms with van der Waals surface area (Å²) in [5.41, 5.74) is 0. The molecule has 5 heteroatoms. The highest BCUT2D eigenvalue weighted by Crippen LogP contribution is 2.13. The molecule has 88 valence electrons. The molecule has 0 bridgehead atoms. The molecule has 0 spiro atoms. The maximum absolute atomic E-state index is 11.6. The Kier molecular flexibility index (Phi) is 4.50. The fourth-order valence-electron chi connectivity index (χ4n) is 1.68. The first-order chi connectivity index (χ1) is 7.06. The predicted molar refractivity (Wildman–Crippen MR) is 56.3 cm³/mol. The van der Waals surface area contributed by atoms with Crippen molar-refractivity contribution in [3.8, 4) is 0 Å². The van der Waals surface area contributed by atoms with Crippen molar-refractivity contribution in [3.05, 3.63) is 0 Å². The SMILES string of the molecule is CCCNC(=O)C(C)N1CC(O)C(O)C1. The van der Waals surface area contributed by atoms with Gasteiger partial charge in [-0.2, -0.15) is 0 Å². The standard InChI is InChI=1S/C10H20N2O3/c1-3-4-11-10(15)7(2)12-5-8(13)9(14)6-12/h7-9,13-14H,3-6H2,1-2H3,(H,11,15). The van der Waals surface area contributed by atoms with Gasteiger partial charge >= 0.3 is 0 Å². The van der Waals surface area contributed by atoms with Gasteiger partial charge in [0, 0.05) is 19.6 Å². The van der Waals surface area contributed by atoms with Crippen molar-refractivity contribution in [2.24, 2.45) is 0 Å². The molecule has 5 nitrogen and oxygen atoms in total. The summed E-state index contributed by atoms with van der Waals surface area (Å²) in [4.78, 5) is 13.4. The maximum Gasteiger partial charge on any atom is 0.237 e. The number of nitrogens with one attached hydrogen (secondary N) is 1. The molecule has 1 aliphatic rings. The second-order valence-corrected chi connectivity index (χ2v) is 4.06. The zero-order valence-corrected chi connectivity index (χ0v) is 9.31. The lowest BCUT2D eigenvalue weighted by Gasteiger charge is -2.22. The summed E-state index contributed by atoms with van der Waals surface area (Å²) in [7, 11) is 0. The summed E-state index contributed by atoms with van der Waals surface area (Å²) in [6.07, 6.45) is -0.554. The second-order valence-electron chi connectivity index (χ2n) is 4.06. The molecular weight excluding hydrogens is 196 g/mol. The molecular formula is C10H20N2O3. The third-order valence-corrected chi connectivity index (χ3v) is 2.76. The Morgan fingerprint density at radius 2 is 2.00 bits per heavy atom. The van der Waals surface area contributed by atoms with E-state index in [-0.39, 0.29) is 11.9 Å². The van der Waals surface area contributed by atoms with Gasteiger partial charge in [-0.15, -0.1) is 0 Å². The van der Waals surface area contributed by atoms with E-state index in [1.54, 1.807) is 11.8 Å². The van der Waals surface area contributed by atoms with E-state index in [9.17, 15) is 15.0 Å². The van der Waals surface area contributed by atoms with E-state index in [1.165, 1.54) is 0 Å². The van der Waals surface area contributed by atoms with Crippen LogP contribution in [0.1, 0.15) is 20.3 Å². The van der Waals surface area contributed by atoms with Gasteiger partial charge < -0.3 is 15.5 Å². The Morgan fingerprint density at radius 3 is 2.47 bits per heavy atom. The van der Waals surface area contributed by atoms with Gasteiger partial charge in [0.25, 0.3) is 0 Å². The van der Waals surface area contributed by atoms with Gasteiger partial charge in [-0.25, -0.2) is 0 Å². The predicted octanol–water partition coefficient (Wildman–Crippen LogP) is -1.06. The van der Waals surface area contributed by atoms with Crippen LogP contribution >= 0.6 is 0 Å². The van der Waals surface area contributed by atoms with Crippen LogP contribution in [0.4, 0.5) is 0 Å². The lowest BCUT2D eigenvalue weighted by atomic mass is 10.2. The van der Waals surface area contributed by atoms with Crippen molar-refractivity contribution in [1.29, 1.82) is 0 Å². The van der Waals surface area contributed by atoms with Crippen molar-refractivity contribution < 1.29 is 15.0 Å². The summed E-state index contributed by atoms with van der Waals surface area (Å²) in [6, 6.07) is -0.289. The summed E-state index contributed by atoms with van der Waals surface area (Å²) in [5, 5.41) is 21.5. The molecule has 3 atom stereocenters. The normalized spacial score (nSPS) is 29.1. The molecule has 1 rings (SSSR count). The Balaban J connectivity index is 2.40. The van der Waals surface area contributed by atoms with Crippen LogP contribution in [0, 0.1) is 0 Å². The fraction of sp³-hybridized carbons (Fsp3) is 0.900. The largest absolute Gasteiger partial charge is 0.389 e. The van der Waals surface area contributed by atoms with Gasteiger partial charge in [0.1, 0.15) is 0 Å². The van der Waals surface area contributed by atoms with Crippen LogP contribution in [-0.4, -0.2) is 58.9 Å². The van der Waals surface area contributed by atoms with Crippen LogP contribution in [0.25, 0.3) is 0 Å². The number of hydrogen-bond donors (Lipinski definition) is 3. The van der Waals surface area contributed by atoms with Gasteiger partial charge in [-0.05, 0) is 13.3 Å². The molecule has 1 saturated heterocycles. The quantitative estimate of drug-likeness (QED) is 0.560. The van der Waals surface area contributed by atoms with Gasteiger partial charge in [-0.1, -0.05) is 6.92 Å². The fourth-order valence-corrected chi connectivity index (χ4v) is 1.68. The first kappa shape index (κ1) is 12.4. The molecule has 1 fully saturated rings. The van der Waals surface area contributed by atoms with Gasteiger partial charge in [0.05, 0.1) is 18.2 Å². The van der Waals surface area contributed by atoms with Crippen molar-refractivity contribution in [2.45, 2.75) is 38.5 Å². The van der Waals surface area contributed by atoms with Crippen molar-refractivity contribution in [1.82, 2.24) is 10.2 Å². The molecule has 0 aromatic carbocycles. The summed E-state index contributed by atoms with van der Waals surface area (Å²) in [6.45, 7) is 5.18. The second kappa shape index (κ2) is 5.44. The minimum absolute atomic E-state index is 0.0434. The Bertz CT molecular complexity index is 213. The van der Waals surface area contributed by atoms with E-state index in [2.05, 4.69) is 5.32 Å². The lowest BCUT2D eigenvalue weighted by Crippen LogP contribution is -2.44. The molecule has 0 radical (unpaired) electrons. The minimum atomic E-state index is -0.730. The number of amides is 1. The summed E-state index contributed by atoms with van der Waals surface area (Å²) < 4.78 is 0. The molecule has 0 aliphatic carbocycles. The molecule has 0 aromatic heterocycles. The number of β-amino-alcohol motifs (C(OH)–C–C–N with tert-alkyl or cyclic N) is 2. The Labute approximate surface area is 90.1 Å². The van der Waals surface area contributed by atoms with Crippen LogP contribution < -0.4 is 5.32 Å². The topological polar surface area (TPSA) is 72.8 Å². The molecule has 1 aliphatic heterocycles. The molecule has 15 heavy (non-hydrogen) atoms. The smallest absolute Gasteiger partial charge is 0.237 e. The third-order valence-electron chi connectivity index (χ3n) is 2.76. The molecule has 1 amide bonds. The van der Waals surface area contributed by atoms with Gasteiger partial charge in [0.15, 0.2) is 0 Å². The van der Waals surface area contributed by atoms with E-state index in [1.807, 2.05) is 6.92 Å². The van der Waals surface area contributed by atoms with Crippen LogP contribution in [0.2, 0.25) is 0 Å². The lowest BCUT2D eigenvalue weighted by molar-refractivity contribution is -0.125. The number of aliphatic hydroxyl groups excluding tert-OH is 2. The highest BCUT2D eigenvalue weighted by molar-refractivity contribution is 5.81. The van der Waals surface area contributed by atoms with Crippen molar-refractivity contribution in [3.63, 3.8) is 0 Å². The number of nitrogens with zero attached hydrogens (tertiary/aromatic N) is 1. The zero-order valence-electron chi connectivity index (χ0n) is 9.31. The number of carbonyl (C=O) groups excluding carboxylic acids is 1. The molecule has 3 unspecified atom stereocenters. The van der Waals surface area contributed by atoms with Crippen molar-refractivity contribution >= 4 is 5.91 Å². The van der Waals surface area contributed by atoms with E-state index in [0.29, 0.717) is 19.6 Å². The average Bonchev–Trinajstić information content (AvgIpc) is 2.54. The first-order valence-electron chi connectivity index (χ1n) is 5.44. The van der Waals surface area contributed by atoms with Crippen LogP contribution in [0.15, 0.2) is 0 Å². The number of rotatable bonds is 4. The van der Waals surface area contributed by atoms with Crippen molar-refractivity contribution in [2.75, 3.05) is 19.6 Å². The zero-order chi connectivity index (χ0) is 11.4. The molecule has 3 N–H and O–H groups in total. The van der Waals surface area contributed by atoms with Gasteiger partial charge in [0.2, 0.25) is 5.91 Å². The van der Waals surface area contributed by atoms with E-state index < -0.39 is 12.2 Å². The number of likely N-dealkylation sites (tertiary alicyclic amines) is 1. The molecule has 1 heterocycles. The summed E-state index contributed by atoms with van der Waals surface area (Å²) in [5.74, 6) is -0.0434. The minimum Gasteiger partial charge on any atom is -0.389 e. The first-order valence-corrected chi connectivity index (χ1v) is 5.44. The highest BCUT2D eigenvalue weighted by Gasteiger charge is 2.34. The molecule has 0 aromatic rings. The highest BCUT2D eigenvalue weighted by atomic mass is 16.3. The average molecular weight is 216 g/mol. The maximum atomic E-state index is 11.6. The van der Waals surface area contributed by atoms with E-state index >= 15 is 0 Å². The van der Waals surface area contributed by atoms with E-state index in [0.717, 1.165) is 6.42 Å². The number of carbonyl (C=O) groups is 1. The number of hydrogen-bond acceptors (Lipinski definition) is 4. The van der Waals surface area contributed by atoms with Gasteiger partial charge in [-0.3, -0.25) is 9.69 Å². The number of aliphatic hydroxyl groups is 2. The Hall–Kier alpha value is -0.650.